The molecule has 1 heterocycles. The van der Waals surface area contributed by atoms with Crippen LogP contribution in [0, 0.1) is 5.92 Å². The molecule has 1 aliphatic heterocycles. The van der Waals surface area contributed by atoms with E-state index in [-0.39, 0.29) is 30.7 Å². The third-order valence-electron chi connectivity index (χ3n) is 6.68. The molecule has 2 amide bonds. The Hall–Kier alpha value is -1.77. The molecule has 1 saturated carbocycles. The summed E-state index contributed by atoms with van der Waals surface area (Å²) in [5.74, 6) is -0.245. The average molecular weight is 471 g/mol. The van der Waals surface area contributed by atoms with Gasteiger partial charge in [-0.15, -0.1) is 0 Å². The smallest absolute Gasteiger partial charge is 0.253 e. The molecule has 1 aliphatic carbocycles. The third-order valence-corrected chi connectivity index (χ3v) is 6.92. The Morgan fingerprint density at radius 3 is 2.50 bits per heavy atom. The van der Waals surface area contributed by atoms with Crippen LogP contribution in [0.5, 0.6) is 0 Å². The Bertz CT molecular complexity index is 804. The van der Waals surface area contributed by atoms with Crippen molar-refractivity contribution in [2.24, 2.45) is 17.4 Å². The quantitative estimate of drug-likeness (QED) is 0.543. The van der Waals surface area contributed by atoms with Crippen LogP contribution in [0.15, 0.2) is 18.2 Å². The number of alkyl halides is 2. The molecule has 2 fully saturated rings. The highest BCUT2D eigenvalue weighted by Crippen LogP contribution is 2.28. The lowest BCUT2D eigenvalue weighted by Gasteiger charge is -2.32. The maximum absolute atomic E-state index is 13.0. The van der Waals surface area contributed by atoms with Crippen LogP contribution in [0.3, 0.4) is 0 Å². The normalized spacial score (nSPS) is 21.6. The van der Waals surface area contributed by atoms with Gasteiger partial charge in [0.1, 0.15) is 6.04 Å². The number of nitrogens with two attached hydrogens (primary N) is 2. The highest BCUT2D eigenvalue weighted by atomic mass is 35.5. The van der Waals surface area contributed by atoms with Crippen molar-refractivity contribution in [3.63, 3.8) is 0 Å². The fraction of sp³-hybridized carbons (Fsp3) is 0.652. The van der Waals surface area contributed by atoms with Crippen molar-refractivity contribution in [3.05, 3.63) is 34.3 Å². The van der Waals surface area contributed by atoms with Gasteiger partial charge in [-0.05, 0) is 61.3 Å². The SMILES string of the molecule is NC(Cc1ccc(Cl)cc1CNC(=O)[C@@H]1CCCN1C(=O)[C@@H](N)C1CCCCC1)C(F)F. The van der Waals surface area contributed by atoms with E-state index in [9.17, 15) is 18.4 Å². The number of likely N-dealkylation sites (tertiary alicyclic amines) is 1. The van der Waals surface area contributed by atoms with Crippen LogP contribution in [0.4, 0.5) is 8.78 Å². The number of amides is 2. The number of hydrogen-bond acceptors (Lipinski definition) is 4. The van der Waals surface area contributed by atoms with Gasteiger partial charge in [0.25, 0.3) is 6.43 Å². The van der Waals surface area contributed by atoms with E-state index in [1.807, 2.05) is 0 Å². The summed E-state index contributed by atoms with van der Waals surface area (Å²) in [7, 11) is 0. The van der Waals surface area contributed by atoms with Gasteiger partial charge in [0.2, 0.25) is 11.8 Å². The van der Waals surface area contributed by atoms with Crippen LogP contribution in [-0.2, 0) is 22.6 Å². The molecule has 3 atom stereocenters. The average Bonchev–Trinajstić information content (AvgIpc) is 3.28. The van der Waals surface area contributed by atoms with Crippen LogP contribution in [0.25, 0.3) is 0 Å². The van der Waals surface area contributed by atoms with E-state index < -0.39 is 24.6 Å². The van der Waals surface area contributed by atoms with E-state index in [2.05, 4.69) is 5.32 Å². The summed E-state index contributed by atoms with van der Waals surface area (Å²) < 4.78 is 25.8. The van der Waals surface area contributed by atoms with Crippen molar-refractivity contribution in [2.45, 2.75) is 82.5 Å². The molecule has 178 valence electrons. The van der Waals surface area contributed by atoms with Crippen LogP contribution in [-0.4, -0.2) is 47.8 Å². The molecule has 5 N–H and O–H groups in total. The zero-order valence-corrected chi connectivity index (χ0v) is 19.0. The van der Waals surface area contributed by atoms with Crippen LogP contribution >= 0.6 is 11.6 Å². The van der Waals surface area contributed by atoms with Crippen molar-refractivity contribution < 1.29 is 18.4 Å². The first-order chi connectivity index (χ1) is 15.3. The Morgan fingerprint density at radius 2 is 1.81 bits per heavy atom. The second-order valence-corrected chi connectivity index (χ2v) is 9.38. The largest absolute Gasteiger partial charge is 0.350 e. The zero-order valence-electron chi connectivity index (χ0n) is 18.2. The molecule has 6 nitrogen and oxygen atoms in total. The van der Waals surface area contributed by atoms with Gasteiger partial charge in [0.15, 0.2) is 0 Å². The molecule has 1 aromatic rings. The molecular formula is C23H33ClF2N4O2. The molecule has 0 bridgehead atoms. The molecule has 0 radical (unpaired) electrons. The van der Waals surface area contributed by atoms with Crippen LogP contribution in [0.1, 0.15) is 56.1 Å². The summed E-state index contributed by atoms with van der Waals surface area (Å²) in [6.07, 6.45) is 3.93. The molecule has 3 rings (SSSR count). The number of nitrogens with one attached hydrogen (secondary N) is 1. The van der Waals surface area contributed by atoms with Crippen LogP contribution in [0.2, 0.25) is 5.02 Å². The van der Waals surface area contributed by atoms with Gasteiger partial charge in [0.05, 0.1) is 12.1 Å². The van der Waals surface area contributed by atoms with Crippen molar-refractivity contribution in [1.29, 1.82) is 0 Å². The van der Waals surface area contributed by atoms with Gasteiger partial charge >= 0.3 is 0 Å². The summed E-state index contributed by atoms with van der Waals surface area (Å²) in [5.41, 5.74) is 13.1. The minimum absolute atomic E-state index is 0.0235. The fourth-order valence-corrected chi connectivity index (χ4v) is 4.99. The lowest BCUT2D eigenvalue weighted by molar-refractivity contribution is -0.140. The van der Waals surface area contributed by atoms with E-state index in [4.69, 9.17) is 23.1 Å². The third kappa shape index (κ3) is 6.17. The summed E-state index contributed by atoms with van der Waals surface area (Å²) in [6, 6.07) is 2.48. The summed E-state index contributed by atoms with van der Waals surface area (Å²) in [6.45, 7) is 0.640. The molecule has 2 aliphatic rings. The first-order valence-electron chi connectivity index (χ1n) is 11.4. The van der Waals surface area contributed by atoms with Gasteiger partial charge in [-0.2, -0.15) is 0 Å². The second kappa shape index (κ2) is 11.4. The minimum atomic E-state index is -2.64. The number of carbonyl (C=O) groups excluding carboxylic acids is 2. The molecule has 1 aromatic carbocycles. The predicted molar refractivity (Wildman–Crippen MR) is 120 cm³/mol. The summed E-state index contributed by atoms with van der Waals surface area (Å²) >= 11 is 6.07. The van der Waals surface area contributed by atoms with E-state index in [1.165, 1.54) is 6.42 Å². The number of halogens is 3. The Morgan fingerprint density at radius 1 is 1.09 bits per heavy atom. The highest BCUT2D eigenvalue weighted by molar-refractivity contribution is 6.30. The molecule has 1 saturated heterocycles. The highest BCUT2D eigenvalue weighted by Gasteiger charge is 2.38. The van der Waals surface area contributed by atoms with E-state index in [1.54, 1.807) is 23.1 Å². The number of nitrogens with zero attached hydrogens (tertiary/aromatic N) is 1. The molecule has 32 heavy (non-hydrogen) atoms. The zero-order chi connectivity index (χ0) is 23.3. The molecular weight excluding hydrogens is 438 g/mol. The Labute approximate surface area is 193 Å². The minimum Gasteiger partial charge on any atom is -0.350 e. The lowest BCUT2D eigenvalue weighted by atomic mass is 9.83. The van der Waals surface area contributed by atoms with Crippen molar-refractivity contribution in [1.82, 2.24) is 10.2 Å². The standard InChI is InChI=1S/C23H33ClF2N4O2/c24-17-9-8-15(12-18(27)21(25)26)16(11-17)13-29-22(31)19-7-4-10-30(19)23(32)20(28)14-5-2-1-3-6-14/h8-9,11,14,18-21H,1-7,10,12-13,27-28H2,(H,29,31)/t18?,19-,20-/m0/s1. The number of benzene rings is 1. The first-order valence-corrected chi connectivity index (χ1v) is 11.8. The predicted octanol–water partition coefficient (Wildman–Crippen LogP) is 2.99. The van der Waals surface area contributed by atoms with Gasteiger partial charge in [0, 0.05) is 18.1 Å². The van der Waals surface area contributed by atoms with E-state index in [0.717, 1.165) is 32.1 Å². The number of rotatable bonds is 8. The Balaban J connectivity index is 1.63. The molecule has 0 spiro atoms. The molecule has 0 aromatic heterocycles. The fourth-order valence-electron chi connectivity index (χ4n) is 4.79. The summed E-state index contributed by atoms with van der Waals surface area (Å²) in [5, 5.41) is 3.30. The van der Waals surface area contributed by atoms with Gasteiger partial charge in [-0.25, -0.2) is 8.78 Å². The van der Waals surface area contributed by atoms with Crippen molar-refractivity contribution >= 4 is 23.4 Å². The summed E-state index contributed by atoms with van der Waals surface area (Å²) in [4.78, 5) is 27.6. The maximum atomic E-state index is 13.0. The van der Waals surface area contributed by atoms with Gasteiger partial charge in [-0.1, -0.05) is 36.9 Å². The van der Waals surface area contributed by atoms with Gasteiger partial charge in [-0.3, -0.25) is 9.59 Å². The Kier molecular flexibility index (Phi) is 8.85. The van der Waals surface area contributed by atoms with E-state index >= 15 is 0 Å². The van der Waals surface area contributed by atoms with Crippen LogP contribution < -0.4 is 16.8 Å². The molecule has 1 unspecified atom stereocenters. The van der Waals surface area contributed by atoms with Crippen molar-refractivity contribution in [3.8, 4) is 0 Å². The number of carbonyl (C=O) groups is 2. The second-order valence-electron chi connectivity index (χ2n) is 8.95. The molecule has 9 heteroatoms. The first kappa shape index (κ1) is 24.9. The topological polar surface area (TPSA) is 101 Å². The maximum Gasteiger partial charge on any atom is 0.253 e. The van der Waals surface area contributed by atoms with Crippen molar-refractivity contribution in [2.75, 3.05) is 6.54 Å². The monoisotopic (exact) mass is 470 g/mol. The number of hydrogen-bond donors (Lipinski definition) is 3. The lowest BCUT2D eigenvalue weighted by Crippen LogP contribution is -2.53. The van der Waals surface area contributed by atoms with E-state index in [0.29, 0.717) is 29.1 Å². The van der Waals surface area contributed by atoms with Gasteiger partial charge < -0.3 is 21.7 Å².